The zero-order valence-corrected chi connectivity index (χ0v) is 12.3. The number of rotatable bonds is 3. The lowest BCUT2D eigenvalue weighted by atomic mass is 10.3. The number of halogens is 2. The first-order valence-corrected chi connectivity index (χ1v) is 7.56. The van der Waals surface area contributed by atoms with E-state index in [1.807, 2.05) is 0 Å². The summed E-state index contributed by atoms with van der Waals surface area (Å²) in [6, 6.07) is 6.33. The molecule has 7 heteroatoms. The minimum absolute atomic E-state index is 0.0157. The molecule has 0 spiro atoms. The second-order valence-electron chi connectivity index (χ2n) is 3.88. The molecule has 0 saturated carbocycles. The van der Waals surface area contributed by atoms with Gasteiger partial charge in [-0.1, -0.05) is 0 Å². The summed E-state index contributed by atoms with van der Waals surface area (Å²) in [5.74, 6) is -0.246. The Bertz CT molecular complexity index is 702. The van der Waals surface area contributed by atoms with Crippen LogP contribution in [-0.4, -0.2) is 13.4 Å². The molecular formula is C12H10BrFN2O2S. The normalized spacial score (nSPS) is 11.3. The van der Waals surface area contributed by atoms with E-state index in [1.54, 1.807) is 13.0 Å². The summed E-state index contributed by atoms with van der Waals surface area (Å²) in [5.41, 5.74) is 0.681. The summed E-state index contributed by atoms with van der Waals surface area (Å²) in [6.07, 6.45) is 1.50. The number of nitrogens with one attached hydrogen (secondary N) is 1. The molecule has 0 fully saturated rings. The van der Waals surface area contributed by atoms with Gasteiger partial charge in [0.1, 0.15) is 11.6 Å². The molecule has 0 aliphatic carbocycles. The maximum Gasteiger partial charge on any atom is 0.263 e. The highest BCUT2D eigenvalue weighted by Crippen LogP contribution is 2.20. The number of aromatic nitrogens is 1. The molecule has 1 aromatic heterocycles. The molecule has 0 radical (unpaired) electrons. The van der Waals surface area contributed by atoms with E-state index in [1.165, 1.54) is 18.3 Å². The number of hydrogen-bond donors (Lipinski definition) is 1. The highest BCUT2D eigenvalue weighted by molar-refractivity contribution is 9.10. The Kier molecular flexibility index (Phi) is 3.86. The molecule has 0 aliphatic heterocycles. The summed E-state index contributed by atoms with van der Waals surface area (Å²) in [5, 5.41) is 0. The van der Waals surface area contributed by atoms with Gasteiger partial charge in [-0.15, -0.1) is 0 Å². The van der Waals surface area contributed by atoms with Gasteiger partial charge >= 0.3 is 0 Å². The van der Waals surface area contributed by atoms with Crippen LogP contribution in [0.25, 0.3) is 0 Å². The van der Waals surface area contributed by atoms with E-state index in [0.717, 1.165) is 16.6 Å². The van der Waals surface area contributed by atoms with E-state index in [9.17, 15) is 12.8 Å². The third-order valence-corrected chi connectivity index (χ3v) is 4.19. The molecule has 0 bridgehead atoms. The predicted molar refractivity (Wildman–Crippen MR) is 73.9 cm³/mol. The molecule has 2 rings (SSSR count). The predicted octanol–water partition coefficient (Wildman–Crippen LogP) is 3.09. The number of aryl methyl sites for hydroxylation is 1. The van der Waals surface area contributed by atoms with Crippen LogP contribution in [-0.2, 0) is 10.0 Å². The molecule has 0 unspecified atom stereocenters. The fourth-order valence-electron chi connectivity index (χ4n) is 1.45. The van der Waals surface area contributed by atoms with Gasteiger partial charge in [0.25, 0.3) is 10.0 Å². The van der Waals surface area contributed by atoms with Gasteiger partial charge in [-0.2, -0.15) is 0 Å². The van der Waals surface area contributed by atoms with Crippen LogP contribution < -0.4 is 4.72 Å². The SMILES string of the molecule is Cc1cc(Br)cnc1NS(=O)(=O)c1ccc(F)cc1. The zero-order valence-electron chi connectivity index (χ0n) is 9.89. The van der Waals surface area contributed by atoms with Gasteiger partial charge in [-0.05, 0) is 58.7 Å². The van der Waals surface area contributed by atoms with Crippen LogP contribution in [0.5, 0.6) is 0 Å². The van der Waals surface area contributed by atoms with Gasteiger partial charge in [-0.3, -0.25) is 4.72 Å². The quantitative estimate of drug-likeness (QED) is 0.930. The largest absolute Gasteiger partial charge is 0.263 e. The molecular weight excluding hydrogens is 335 g/mol. The van der Waals surface area contributed by atoms with Crippen molar-refractivity contribution in [2.75, 3.05) is 4.72 Å². The highest BCUT2D eigenvalue weighted by Gasteiger charge is 2.16. The summed E-state index contributed by atoms with van der Waals surface area (Å²) in [7, 11) is -3.76. The Hall–Kier alpha value is -1.47. The zero-order chi connectivity index (χ0) is 14.0. The lowest BCUT2D eigenvalue weighted by Gasteiger charge is -2.09. The van der Waals surface area contributed by atoms with E-state index in [2.05, 4.69) is 25.6 Å². The van der Waals surface area contributed by atoms with Gasteiger partial charge in [0, 0.05) is 10.7 Å². The van der Waals surface area contributed by atoms with Gasteiger partial charge in [0.15, 0.2) is 0 Å². The average Bonchev–Trinajstić information content (AvgIpc) is 2.33. The van der Waals surface area contributed by atoms with Crippen LogP contribution in [0.3, 0.4) is 0 Å². The topological polar surface area (TPSA) is 59.1 Å². The lowest BCUT2D eigenvalue weighted by molar-refractivity contribution is 0.599. The molecule has 1 heterocycles. The van der Waals surface area contributed by atoms with Crippen molar-refractivity contribution in [3.05, 3.63) is 52.4 Å². The Morgan fingerprint density at radius 1 is 1.26 bits per heavy atom. The Balaban J connectivity index is 2.33. The van der Waals surface area contributed by atoms with Crippen LogP contribution in [0.4, 0.5) is 10.2 Å². The van der Waals surface area contributed by atoms with E-state index in [4.69, 9.17) is 0 Å². The number of pyridine rings is 1. The van der Waals surface area contributed by atoms with Gasteiger partial charge < -0.3 is 0 Å². The first kappa shape index (κ1) is 14.0. The second-order valence-corrected chi connectivity index (χ2v) is 6.48. The van der Waals surface area contributed by atoms with E-state index >= 15 is 0 Å². The average molecular weight is 345 g/mol. The van der Waals surface area contributed by atoms with E-state index in [-0.39, 0.29) is 10.7 Å². The second kappa shape index (κ2) is 5.26. The fourth-order valence-corrected chi connectivity index (χ4v) is 2.97. The van der Waals surface area contributed by atoms with Crippen LogP contribution in [0.1, 0.15) is 5.56 Å². The molecule has 0 saturated heterocycles. The summed E-state index contributed by atoms with van der Waals surface area (Å²) >= 11 is 3.25. The van der Waals surface area contributed by atoms with E-state index < -0.39 is 15.8 Å². The Labute approximate surface area is 118 Å². The Morgan fingerprint density at radius 2 is 1.89 bits per heavy atom. The number of hydrogen-bond acceptors (Lipinski definition) is 3. The number of nitrogens with zero attached hydrogens (tertiary/aromatic N) is 1. The molecule has 0 atom stereocenters. The number of anilines is 1. The molecule has 0 aliphatic rings. The van der Waals surface area contributed by atoms with Crippen molar-refractivity contribution >= 4 is 31.8 Å². The van der Waals surface area contributed by atoms with Crippen LogP contribution in [0, 0.1) is 12.7 Å². The number of benzene rings is 1. The highest BCUT2D eigenvalue weighted by atomic mass is 79.9. The van der Waals surface area contributed by atoms with Crippen LogP contribution in [0.2, 0.25) is 0 Å². The smallest absolute Gasteiger partial charge is 0.263 e. The van der Waals surface area contributed by atoms with Crippen molar-refractivity contribution in [2.45, 2.75) is 11.8 Å². The van der Waals surface area contributed by atoms with Gasteiger partial charge in [0.05, 0.1) is 4.90 Å². The molecule has 0 amide bonds. The van der Waals surface area contributed by atoms with Crippen molar-refractivity contribution in [2.24, 2.45) is 0 Å². The standard InChI is InChI=1S/C12H10BrFN2O2S/c1-8-6-9(13)7-15-12(8)16-19(17,18)11-4-2-10(14)3-5-11/h2-7H,1H3,(H,15,16). The molecule has 1 aromatic carbocycles. The van der Waals surface area contributed by atoms with Crippen LogP contribution in [0.15, 0.2) is 45.9 Å². The third-order valence-electron chi connectivity index (χ3n) is 2.40. The first-order chi connectivity index (χ1) is 8.88. The number of sulfonamides is 1. The monoisotopic (exact) mass is 344 g/mol. The summed E-state index contributed by atoms with van der Waals surface area (Å²) < 4.78 is 40.0. The lowest BCUT2D eigenvalue weighted by Crippen LogP contribution is -2.14. The van der Waals surface area contributed by atoms with Crippen molar-refractivity contribution in [1.29, 1.82) is 0 Å². The molecule has 19 heavy (non-hydrogen) atoms. The van der Waals surface area contributed by atoms with E-state index in [0.29, 0.717) is 5.56 Å². The molecule has 100 valence electrons. The first-order valence-electron chi connectivity index (χ1n) is 5.29. The van der Waals surface area contributed by atoms with Crippen molar-refractivity contribution in [3.8, 4) is 0 Å². The summed E-state index contributed by atoms with van der Waals surface area (Å²) in [6.45, 7) is 1.74. The molecule has 4 nitrogen and oxygen atoms in total. The van der Waals surface area contributed by atoms with Crippen molar-refractivity contribution < 1.29 is 12.8 Å². The molecule has 1 N–H and O–H groups in total. The van der Waals surface area contributed by atoms with Gasteiger partial charge in [-0.25, -0.2) is 17.8 Å². The molecule has 2 aromatic rings. The fraction of sp³-hybridized carbons (Fsp3) is 0.0833. The summed E-state index contributed by atoms with van der Waals surface area (Å²) in [4.78, 5) is 3.98. The minimum Gasteiger partial charge on any atom is -0.263 e. The maximum atomic E-state index is 12.8. The van der Waals surface area contributed by atoms with Crippen molar-refractivity contribution in [3.63, 3.8) is 0 Å². The van der Waals surface area contributed by atoms with Gasteiger partial charge in [0.2, 0.25) is 0 Å². The maximum absolute atomic E-state index is 12.8. The van der Waals surface area contributed by atoms with Crippen molar-refractivity contribution in [1.82, 2.24) is 4.98 Å². The minimum atomic E-state index is -3.76. The third kappa shape index (κ3) is 3.30. The Morgan fingerprint density at radius 3 is 2.47 bits per heavy atom. The van der Waals surface area contributed by atoms with Crippen LogP contribution >= 0.6 is 15.9 Å².